The molecule has 0 bridgehead atoms. The van der Waals surface area contributed by atoms with E-state index in [1.54, 1.807) is 18.2 Å². The number of ether oxygens (including phenoxy) is 1. The monoisotopic (exact) mass is 472 g/mol. The van der Waals surface area contributed by atoms with Crippen LogP contribution >= 0.6 is 0 Å². The fourth-order valence-electron chi connectivity index (χ4n) is 5.03. The van der Waals surface area contributed by atoms with Crippen LogP contribution in [0.25, 0.3) is 11.3 Å². The molecule has 0 unspecified atom stereocenters. The van der Waals surface area contributed by atoms with E-state index in [9.17, 15) is 17.6 Å². The maximum atomic E-state index is 14.0. The van der Waals surface area contributed by atoms with Gasteiger partial charge in [-0.1, -0.05) is 0 Å². The van der Waals surface area contributed by atoms with E-state index in [0.29, 0.717) is 36.1 Å². The minimum Gasteiger partial charge on any atom is -0.492 e. The van der Waals surface area contributed by atoms with E-state index in [1.807, 2.05) is 0 Å². The number of rotatable bonds is 7. The minimum atomic E-state index is -1.26. The summed E-state index contributed by atoms with van der Waals surface area (Å²) in [6.07, 6.45) is 2.01. The Bertz CT molecular complexity index is 1130. The van der Waals surface area contributed by atoms with Gasteiger partial charge in [0.15, 0.2) is 11.6 Å². The van der Waals surface area contributed by atoms with Crippen LogP contribution in [0.1, 0.15) is 12.8 Å². The number of nitrogens with zero attached hydrogens (tertiary/aromatic N) is 3. The average molecular weight is 472 g/mol. The van der Waals surface area contributed by atoms with Gasteiger partial charge in [0.2, 0.25) is 0 Å². The van der Waals surface area contributed by atoms with Crippen LogP contribution in [-0.4, -0.2) is 47.4 Å². The standard InChI is InChI=1S/C25H24F4N4O/c26-17-1-3-20(4-2-17)34-8-7-33-13-15-9-19(10-16(15)14-33)30-24-6-5-23(31-32-24)21-11-18(27)12-22(28)25(21)29/h1-6,11-12,15-16,19H,7-10,13-14H2,(H,30,32)/t15-,16+,19-. The molecule has 5 rings (SSSR count). The van der Waals surface area contributed by atoms with Crippen molar-refractivity contribution in [3.8, 4) is 17.0 Å². The van der Waals surface area contributed by atoms with Crippen LogP contribution in [0.2, 0.25) is 0 Å². The predicted molar refractivity (Wildman–Crippen MR) is 119 cm³/mol. The van der Waals surface area contributed by atoms with Crippen molar-refractivity contribution < 1.29 is 22.3 Å². The molecule has 34 heavy (non-hydrogen) atoms. The summed E-state index contributed by atoms with van der Waals surface area (Å²) in [5, 5.41) is 11.4. The highest BCUT2D eigenvalue weighted by Crippen LogP contribution is 2.39. The van der Waals surface area contributed by atoms with E-state index in [0.717, 1.165) is 38.5 Å². The zero-order chi connectivity index (χ0) is 23.7. The highest BCUT2D eigenvalue weighted by Gasteiger charge is 2.40. The van der Waals surface area contributed by atoms with E-state index >= 15 is 0 Å². The summed E-state index contributed by atoms with van der Waals surface area (Å²) < 4.78 is 59.6. The Balaban J connectivity index is 1.10. The van der Waals surface area contributed by atoms with Crippen molar-refractivity contribution >= 4 is 5.82 Å². The Labute approximate surface area is 194 Å². The van der Waals surface area contributed by atoms with E-state index in [2.05, 4.69) is 20.4 Å². The summed E-state index contributed by atoms with van der Waals surface area (Å²) in [5.41, 5.74) is -0.182. The molecule has 9 heteroatoms. The third kappa shape index (κ3) is 4.99. The van der Waals surface area contributed by atoms with Crippen LogP contribution in [0.5, 0.6) is 5.75 Å². The molecular weight excluding hydrogens is 448 g/mol. The largest absolute Gasteiger partial charge is 0.492 e. The highest BCUT2D eigenvalue weighted by molar-refractivity contribution is 5.60. The molecule has 5 nitrogen and oxygen atoms in total. The number of likely N-dealkylation sites (tertiary alicyclic amines) is 1. The maximum absolute atomic E-state index is 14.0. The first-order valence-corrected chi connectivity index (χ1v) is 11.3. The summed E-state index contributed by atoms with van der Waals surface area (Å²) in [6.45, 7) is 3.40. The van der Waals surface area contributed by atoms with Gasteiger partial charge < -0.3 is 10.1 Å². The van der Waals surface area contributed by atoms with Crippen LogP contribution < -0.4 is 10.1 Å². The third-order valence-corrected chi connectivity index (χ3v) is 6.60. The molecule has 0 spiro atoms. The molecule has 3 atom stereocenters. The second-order valence-corrected chi connectivity index (χ2v) is 8.95. The molecule has 1 aromatic heterocycles. The Kier molecular flexibility index (Phi) is 6.36. The molecule has 1 saturated carbocycles. The normalized spacial score (nSPS) is 22.1. The fourth-order valence-corrected chi connectivity index (χ4v) is 5.03. The van der Waals surface area contributed by atoms with Gasteiger partial charge in [0.25, 0.3) is 0 Å². The van der Waals surface area contributed by atoms with Gasteiger partial charge in [-0.05, 0) is 67.1 Å². The zero-order valence-electron chi connectivity index (χ0n) is 18.4. The highest BCUT2D eigenvalue weighted by atomic mass is 19.2. The van der Waals surface area contributed by atoms with Gasteiger partial charge in [0.05, 0.1) is 5.69 Å². The van der Waals surface area contributed by atoms with Crippen molar-refractivity contribution in [3.63, 3.8) is 0 Å². The van der Waals surface area contributed by atoms with Crippen molar-refractivity contribution in [3.05, 3.63) is 71.8 Å². The van der Waals surface area contributed by atoms with Gasteiger partial charge >= 0.3 is 0 Å². The van der Waals surface area contributed by atoms with Crippen LogP contribution in [0, 0.1) is 35.1 Å². The Morgan fingerprint density at radius 2 is 1.62 bits per heavy atom. The second kappa shape index (κ2) is 9.58. The third-order valence-electron chi connectivity index (χ3n) is 6.60. The van der Waals surface area contributed by atoms with Gasteiger partial charge in [0.1, 0.15) is 29.8 Å². The second-order valence-electron chi connectivity index (χ2n) is 8.95. The molecule has 1 aliphatic heterocycles. The van der Waals surface area contributed by atoms with Gasteiger partial charge in [-0.3, -0.25) is 4.90 Å². The summed E-state index contributed by atoms with van der Waals surface area (Å²) in [6, 6.07) is 10.9. The van der Waals surface area contributed by atoms with Crippen LogP contribution in [0.15, 0.2) is 48.5 Å². The first kappa shape index (κ1) is 22.6. The fraction of sp³-hybridized carbons (Fsp3) is 0.360. The number of hydrogen-bond donors (Lipinski definition) is 1. The van der Waals surface area contributed by atoms with Crippen LogP contribution in [0.3, 0.4) is 0 Å². The van der Waals surface area contributed by atoms with Crippen molar-refractivity contribution in [2.45, 2.75) is 18.9 Å². The van der Waals surface area contributed by atoms with Crippen molar-refractivity contribution in [2.24, 2.45) is 11.8 Å². The lowest BCUT2D eigenvalue weighted by molar-refractivity contribution is 0.226. The lowest BCUT2D eigenvalue weighted by Crippen LogP contribution is -2.29. The Hall–Kier alpha value is -3.20. The van der Waals surface area contributed by atoms with Gasteiger partial charge in [0, 0.05) is 37.3 Å². The molecule has 2 aromatic carbocycles. The number of fused-ring (bicyclic) bond motifs is 1. The molecule has 3 aromatic rings. The van der Waals surface area contributed by atoms with Gasteiger partial charge in [-0.15, -0.1) is 10.2 Å². The number of nitrogens with one attached hydrogen (secondary N) is 1. The SMILES string of the molecule is Fc1ccc(OCCN2C[C@H]3C[C@@H](Nc4ccc(-c5cc(F)cc(F)c5F)nn4)C[C@H]3C2)cc1. The minimum absolute atomic E-state index is 0.0724. The maximum Gasteiger partial charge on any atom is 0.168 e. The number of halogens is 4. The quantitative estimate of drug-likeness (QED) is 0.392. The summed E-state index contributed by atoms with van der Waals surface area (Å²) in [7, 11) is 0. The molecule has 1 aliphatic carbocycles. The molecule has 0 radical (unpaired) electrons. The van der Waals surface area contributed by atoms with E-state index in [4.69, 9.17) is 4.74 Å². The summed E-state index contributed by atoms with van der Waals surface area (Å²) in [5.74, 6) is -1.16. The van der Waals surface area contributed by atoms with Gasteiger partial charge in [-0.2, -0.15) is 0 Å². The van der Waals surface area contributed by atoms with Crippen molar-refractivity contribution in [1.82, 2.24) is 15.1 Å². The average Bonchev–Trinajstić information content (AvgIpc) is 3.36. The van der Waals surface area contributed by atoms with E-state index in [1.165, 1.54) is 18.2 Å². The van der Waals surface area contributed by atoms with Crippen molar-refractivity contribution in [1.29, 1.82) is 0 Å². The molecule has 2 fully saturated rings. The number of hydrogen-bond acceptors (Lipinski definition) is 5. The number of benzene rings is 2. The molecular formula is C25H24F4N4O. The molecule has 0 amide bonds. The van der Waals surface area contributed by atoms with Crippen LogP contribution in [-0.2, 0) is 0 Å². The van der Waals surface area contributed by atoms with E-state index in [-0.39, 0.29) is 23.1 Å². The summed E-state index contributed by atoms with van der Waals surface area (Å²) in [4.78, 5) is 2.40. The topological polar surface area (TPSA) is 50.3 Å². The first-order chi connectivity index (χ1) is 16.4. The first-order valence-electron chi connectivity index (χ1n) is 11.3. The smallest absolute Gasteiger partial charge is 0.168 e. The van der Waals surface area contributed by atoms with E-state index < -0.39 is 17.5 Å². The zero-order valence-corrected chi connectivity index (χ0v) is 18.4. The molecule has 1 N–H and O–H groups in total. The number of aromatic nitrogens is 2. The number of anilines is 1. The molecule has 1 saturated heterocycles. The molecule has 2 aliphatic rings. The Morgan fingerprint density at radius 1 is 0.882 bits per heavy atom. The van der Waals surface area contributed by atoms with Gasteiger partial charge in [-0.25, -0.2) is 17.6 Å². The summed E-state index contributed by atoms with van der Waals surface area (Å²) >= 11 is 0. The predicted octanol–water partition coefficient (Wildman–Crippen LogP) is 4.90. The molecule has 2 heterocycles. The lowest BCUT2D eigenvalue weighted by atomic mass is 10.0. The van der Waals surface area contributed by atoms with Crippen molar-refractivity contribution in [2.75, 3.05) is 31.6 Å². The molecule has 178 valence electrons. The lowest BCUT2D eigenvalue weighted by Gasteiger charge is -2.20. The Morgan fingerprint density at radius 3 is 2.29 bits per heavy atom. The van der Waals surface area contributed by atoms with Crippen LogP contribution in [0.4, 0.5) is 23.4 Å².